The van der Waals surface area contributed by atoms with Gasteiger partial charge in [-0.3, -0.25) is 4.79 Å². The van der Waals surface area contributed by atoms with E-state index in [9.17, 15) is 4.79 Å². The molecule has 0 saturated carbocycles. The van der Waals surface area contributed by atoms with Crippen LogP contribution in [-0.2, 0) is 4.74 Å². The topological polar surface area (TPSA) is 35.5 Å². The van der Waals surface area contributed by atoms with Crippen molar-refractivity contribution >= 4 is 11.9 Å². The van der Waals surface area contributed by atoms with Crippen molar-refractivity contribution in [1.29, 1.82) is 0 Å². The van der Waals surface area contributed by atoms with Gasteiger partial charge in [0.1, 0.15) is 12.4 Å². The molecule has 0 bridgehead atoms. The first-order chi connectivity index (χ1) is 11.1. The lowest BCUT2D eigenvalue weighted by Crippen LogP contribution is -2.04. The van der Waals surface area contributed by atoms with Gasteiger partial charge in [-0.15, -0.1) is 0 Å². The molecule has 0 N–H and O–H groups in total. The molecule has 0 amide bonds. The molecule has 3 heteroatoms. The molecular formula is C20H22O3. The molecule has 120 valence electrons. The van der Waals surface area contributed by atoms with Crippen LogP contribution in [0.5, 0.6) is 5.75 Å². The molecule has 0 aliphatic carbocycles. The molecule has 0 aliphatic heterocycles. The summed E-state index contributed by atoms with van der Waals surface area (Å²) in [5.41, 5.74) is 4.08. The van der Waals surface area contributed by atoms with Gasteiger partial charge in [-0.1, -0.05) is 29.8 Å². The number of hydrogen-bond donors (Lipinski definition) is 0. The van der Waals surface area contributed by atoms with E-state index in [0.29, 0.717) is 18.8 Å². The summed E-state index contributed by atoms with van der Waals surface area (Å²) in [6, 6.07) is 13.3. The summed E-state index contributed by atoms with van der Waals surface area (Å²) in [6.45, 7) is 5.14. The van der Waals surface area contributed by atoms with Gasteiger partial charge < -0.3 is 9.47 Å². The van der Waals surface area contributed by atoms with E-state index in [1.807, 2.05) is 25.1 Å². The van der Waals surface area contributed by atoms with Crippen molar-refractivity contribution < 1.29 is 14.3 Å². The number of methoxy groups -OCH3 is 1. The Labute approximate surface area is 137 Å². The fourth-order valence-corrected chi connectivity index (χ4v) is 2.23. The zero-order chi connectivity index (χ0) is 16.7. The lowest BCUT2D eigenvalue weighted by molar-refractivity contribution is 0.104. The van der Waals surface area contributed by atoms with Gasteiger partial charge >= 0.3 is 0 Å². The Hall–Kier alpha value is -2.39. The fourth-order valence-electron chi connectivity index (χ4n) is 2.23. The predicted octanol–water partition coefficient (Wildman–Crippen LogP) is 4.22. The molecule has 0 aromatic heterocycles. The summed E-state index contributed by atoms with van der Waals surface area (Å²) < 4.78 is 10.4. The van der Waals surface area contributed by atoms with Gasteiger partial charge in [-0.25, -0.2) is 0 Å². The van der Waals surface area contributed by atoms with Gasteiger partial charge in [0.15, 0.2) is 5.78 Å². The van der Waals surface area contributed by atoms with Crippen molar-refractivity contribution in [2.45, 2.75) is 13.8 Å². The van der Waals surface area contributed by atoms with E-state index in [-0.39, 0.29) is 5.78 Å². The van der Waals surface area contributed by atoms with E-state index in [0.717, 1.165) is 16.9 Å². The van der Waals surface area contributed by atoms with Crippen LogP contribution in [0.2, 0.25) is 0 Å². The van der Waals surface area contributed by atoms with Crippen LogP contribution >= 0.6 is 0 Å². The molecule has 0 aliphatic rings. The SMILES string of the molecule is COCCOc1ccc(C(=O)C=Cc2ccc(C)cc2C)cc1. The minimum Gasteiger partial charge on any atom is -0.491 e. The van der Waals surface area contributed by atoms with E-state index in [1.54, 1.807) is 37.5 Å². The third-order valence-corrected chi connectivity index (χ3v) is 3.53. The second-order valence-corrected chi connectivity index (χ2v) is 5.42. The van der Waals surface area contributed by atoms with Gasteiger partial charge in [0.05, 0.1) is 6.61 Å². The number of carbonyl (C=O) groups excluding carboxylic acids is 1. The Morgan fingerprint density at radius 3 is 2.43 bits per heavy atom. The maximum atomic E-state index is 12.2. The zero-order valence-corrected chi connectivity index (χ0v) is 13.8. The molecule has 2 aromatic rings. The highest BCUT2D eigenvalue weighted by molar-refractivity contribution is 6.06. The number of rotatable bonds is 7. The minimum atomic E-state index is -0.0200. The third-order valence-electron chi connectivity index (χ3n) is 3.53. The van der Waals surface area contributed by atoms with Gasteiger partial charge in [0.25, 0.3) is 0 Å². The Bertz CT molecular complexity index is 685. The number of ketones is 1. The van der Waals surface area contributed by atoms with Crippen molar-refractivity contribution in [3.63, 3.8) is 0 Å². The highest BCUT2D eigenvalue weighted by Gasteiger charge is 2.03. The molecule has 0 saturated heterocycles. The molecule has 0 unspecified atom stereocenters. The molecule has 0 radical (unpaired) electrons. The summed E-state index contributed by atoms with van der Waals surface area (Å²) in [5.74, 6) is 0.713. The number of hydrogen-bond acceptors (Lipinski definition) is 3. The van der Waals surface area contributed by atoms with Crippen LogP contribution in [0.1, 0.15) is 27.0 Å². The Kier molecular flexibility index (Phi) is 6.12. The maximum absolute atomic E-state index is 12.2. The second kappa shape index (κ2) is 8.30. The van der Waals surface area contributed by atoms with Crippen molar-refractivity contribution in [3.8, 4) is 5.75 Å². The molecule has 0 atom stereocenters. The summed E-state index contributed by atoms with van der Waals surface area (Å²) in [4.78, 5) is 12.2. The fraction of sp³-hybridized carbons (Fsp3) is 0.250. The van der Waals surface area contributed by atoms with Crippen molar-refractivity contribution in [3.05, 3.63) is 70.8 Å². The number of carbonyl (C=O) groups is 1. The van der Waals surface area contributed by atoms with Gasteiger partial charge in [0.2, 0.25) is 0 Å². The molecule has 23 heavy (non-hydrogen) atoms. The smallest absolute Gasteiger partial charge is 0.185 e. The van der Waals surface area contributed by atoms with E-state index in [2.05, 4.69) is 13.0 Å². The Morgan fingerprint density at radius 2 is 1.78 bits per heavy atom. The second-order valence-electron chi connectivity index (χ2n) is 5.42. The quantitative estimate of drug-likeness (QED) is 0.436. The van der Waals surface area contributed by atoms with Crippen molar-refractivity contribution in [2.24, 2.45) is 0 Å². The van der Waals surface area contributed by atoms with Gasteiger partial charge in [0, 0.05) is 12.7 Å². The highest BCUT2D eigenvalue weighted by atomic mass is 16.5. The Balaban J connectivity index is 2.01. The third kappa shape index (κ3) is 5.08. The highest BCUT2D eigenvalue weighted by Crippen LogP contribution is 2.15. The van der Waals surface area contributed by atoms with E-state index in [4.69, 9.17) is 9.47 Å². The number of ether oxygens (including phenoxy) is 2. The van der Waals surface area contributed by atoms with Crippen LogP contribution in [0.3, 0.4) is 0 Å². The standard InChI is InChI=1S/C20H22O3/c1-15-4-5-17(16(2)14-15)8-11-20(21)18-6-9-19(10-7-18)23-13-12-22-3/h4-11,14H,12-13H2,1-3H3. The first-order valence-electron chi connectivity index (χ1n) is 7.61. The average molecular weight is 310 g/mol. The monoisotopic (exact) mass is 310 g/mol. The summed E-state index contributed by atoms with van der Waals surface area (Å²) >= 11 is 0. The van der Waals surface area contributed by atoms with Crippen LogP contribution in [0.4, 0.5) is 0 Å². The summed E-state index contributed by atoms with van der Waals surface area (Å²) in [7, 11) is 1.63. The normalized spacial score (nSPS) is 10.9. The van der Waals surface area contributed by atoms with Crippen molar-refractivity contribution in [2.75, 3.05) is 20.3 Å². The molecule has 2 rings (SSSR count). The minimum absolute atomic E-state index is 0.0200. The van der Waals surface area contributed by atoms with Crippen LogP contribution in [0.15, 0.2) is 48.5 Å². The lowest BCUT2D eigenvalue weighted by atomic mass is 10.0. The number of allylic oxidation sites excluding steroid dienone is 1. The van der Waals surface area contributed by atoms with Crippen LogP contribution in [-0.4, -0.2) is 26.1 Å². The van der Waals surface area contributed by atoms with Crippen molar-refractivity contribution in [1.82, 2.24) is 0 Å². The molecule has 0 fully saturated rings. The van der Waals surface area contributed by atoms with Crippen LogP contribution < -0.4 is 4.74 Å². The number of benzene rings is 2. The van der Waals surface area contributed by atoms with Gasteiger partial charge in [-0.2, -0.15) is 0 Å². The largest absolute Gasteiger partial charge is 0.491 e. The first-order valence-corrected chi connectivity index (χ1v) is 7.61. The molecule has 2 aromatic carbocycles. The van der Waals surface area contributed by atoms with E-state index < -0.39 is 0 Å². The zero-order valence-electron chi connectivity index (χ0n) is 13.8. The van der Waals surface area contributed by atoms with E-state index >= 15 is 0 Å². The molecule has 3 nitrogen and oxygen atoms in total. The Morgan fingerprint density at radius 1 is 1.04 bits per heavy atom. The predicted molar refractivity (Wildman–Crippen MR) is 93.1 cm³/mol. The molecule has 0 heterocycles. The van der Waals surface area contributed by atoms with E-state index in [1.165, 1.54) is 5.56 Å². The molecular weight excluding hydrogens is 288 g/mol. The maximum Gasteiger partial charge on any atom is 0.185 e. The van der Waals surface area contributed by atoms with Crippen LogP contribution in [0, 0.1) is 13.8 Å². The average Bonchev–Trinajstić information content (AvgIpc) is 2.55. The summed E-state index contributed by atoms with van der Waals surface area (Å²) in [6.07, 6.45) is 3.47. The first kappa shape index (κ1) is 17.0. The summed E-state index contributed by atoms with van der Waals surface area (Å²) in [5, 5.41) is 0. The molecule has 0 spiro atoms. The van der Waals surface area contributed by atoms with Crippen LogP contribution in [0.25, 0.3) is 6.08 Å². The number of aryl methyl sites for hydroxylation is 2. The lowest BCUT2D eigenvalue weighted by Gasteiger charge is -2.05. The van der Waals surface area contributed by atoms with Gasteiger partial charge in [-0.05, 0) is 55.3 Å².